The third-order valence-electron chi connectivity index (χ3n) is 2.14. The van der Waals surface area contributed by atoms with Crippen LogP contribution < -0.4 is 0 Å². The number of aromatic nitrogens is 1. The minimum absolute atomic E-state index is 0.196. The number of hydrogen-bond donors (Lipinski definition) is 1. The van der Waals surface area contributed by atoms with E-state index >= 15 is 0 Å². The van der Waals surface area contributed by atoms with Crippen LogP contribution >= 0.6 is 15.9 Å². The summed E-state index contributed by atoms with van der Waals surface area (Å²) in [5, 5.41) is 0.914. The Balaban J connectivity index is 2.83. The average Bonchev–Trinajstić information content (AvgIpc) is 2.45. The van der Waals surface area contributed by atoms with Crippen molar-refractivity contribution in [2.75, 3.05) is 0 Å². The molecule has 0 saturated carbocycles. The molecule has 0 radical (unpaired) electrons. The third-order valence-corrected chi connectivity index (χ3v) is 3.05. The van der Waals surface area contributed by atoms with Crippen molar-refractivity contribution in [1.82, 2.24) is 4.98 Å². The summed E-state index contributed by atoms with van der Waals surface area (Å²) < 4.78 is 14.2. The van der Waals surface area contributed by atoms with Crippen molar-refractivity contribution in [2.24, 2.45) is 0 Å². The Morgan fingerprint density at radius 2 is 2.23 bits per heavy atom. The van der Waals surface area contributed by atoms with Crippen molar-refractivity contribution in [3.8, 4) is 0 Å². The predicted octanol–water partition coefficient (Wildman–Crippen LogP) is 3.63. The summed E-state index contributed by atoms with van der Waals surface area (Å²) in [6, 6.07) is 5.08. The number of nitrogens with one attached hydrogen (secondary N) is 1. The third kappa shape index (κ3) is 1.27. The molecule has 0 atom stereocenters. The van der Waals surface area contributed by atoms with Crippen molar-refractivity contribution < 1.29 is 4.39 Å². The largest absolute Gasteiger partial charge is 0.355 e. The number of hydrogen-bond acceptors (Lipinski definition) is 0. The van der Waals surface area contributed by atoms with E-state index in [2.05, 4.69) is 20.9 Å². The smallest absolute Gasteiger partial charge is 0.147 e. The molecule has 0 spiro atoms. The summed E-state index contributed by atoms with van der Waals surface area (Å²) in [5.41, 5.74) is 1.63. The van der Waals surface area contributed by atoms with Gasteiger partial charge in [-0.05, 0) is 28.4 Å². The molecule has 1 nitrogen and oxygen atoms in total. The van der Waals surface area contributed by atoms with Crippen LogP contribution in [0, 0.1) is 5.82 Å². The number of halogens is 2. The van der Waals surface area contributed by atoms with Crippen LogP contribution in [0.3, 0.4) is 0 Å². The van der Waals surface area contributed by atoms with Crippen LogP contribution in [0.4, 0.5) is 4.39 Å². The first-order valence-corrected chi connectivity index (χ1v) is 4.98. The number of aromatic amines is 1. The molecule has 1 N–H and O–H groups in total. The van der Waals surface area contributed by atoms with Crippen LogP contribution in [-0.4, -0.2) is 4.98 Å². The summed E-state index contributed by atoms with van der Waals surface area (Å²) in [5.74, 6) is -0.196. The van der Waals surface area contributed by atoms with Gasteiger partial charge in [0.25, 0.3) is 0 Å². The number of fused-ring (bicyclic) bond motifs is 1. The van der Waals surface area contributed by atoms with E-state index in [1.807, 2.05) is 13.0 Å². The highest BCUT2D eigenvalue weighted by atomic mass is 79.9. The fourth-order valence-corrected chi connectivity index (χ4v) is 2.16. The summed E-state index contributed by atoms with van der Waals surface area (Å²) in [6.45, 7) is 2.04. The second-order valence-electron chi connectivity index (χ2n) is 2.93. The van der Waals surface area contributed by atoms with Crippen LogP contribution in [-0.2, 0) is 6.42 Å². The molecule has 3 heteroatoms. The zero-order valence-corrected chi connectivity index (χ0v) is 8.78. The van der Waals surface area contributed by atoms with Gasteiger partial charge in [-0.25, -0.2) is 4.39 Å². The summed E-state index contributed by atoms with van der Waals surface area (Å²) >= 11 is 3.45. The van der Waals surface area contributed by atoms with Gasteiger partial charge in [0.2, 0.25) is 0 Å². The van der Waals surface area contributed by atoms with Gasteiger partial charge in [0.1, 0.15) is 5.82 Å². The van der Waals surface area contributed by atoms with Gasteiger partial charge in [-0.2, -0.15) is 0 Å². The Kier molecular flexibility index (Phi) is 2.12. The van der Waals surface area contributed by atoms with Crippen LogP contribution in [0.1, 0.15) is 12.6 Å². The van der Waals surface area contributed by atoms with Crippen molar-refractivity contribution in [3.63, 3.8) is 0 Å². The van der Waals surface area contributed by atoms with Crippen LogP contribution in [0.2, 0.25) is 0 Å². The van der Waals surface area contributed by atoms with Crippen LogP contribution in [0.5, 0.6) is 0 Å². The Morgan fingerprint density at radius 1 is 1.46 bits per heavy atom. The molecule has 0 amide bonds. The van der Waals surface area contributed by atoms with Crippen molar-refractivity contribution in [2.45, 2.75) is 13.3 Å². The lowest BCUT2D eigenvalue weighted by atomic mass is 10.2. The number of para-hydroxylation sites is 1. The first-order valence-electron chi connectivity index (χ1n) is 4.18. The molecule has 0 aliphatic rings. The minimum Gasteiger partial charge on any atom is -0.355 e. The predicted molar refractivity (Wildman–Crippen MR) is 55.3 cm³/mol. The topological polar surface area (TPSA) is 15.8 Å². The lowest BCUT2D eigenvalue weighted by Crippen LogP contribution is -1.79. The SMILES string of the molecule is CCc1[nH]c2c(F)cccc2c1Br. The van der Waals surface area contributed by atoms with Gasteiger partial charge in [0, 0.05) is 15.6 Å². The second kappa shape index (κ2) is 3.14. The standard InChI is InChI=1S/C10H9BrFN/c1-2-8-9(11)6-4-3-5-7(12)10(6)13-8/h3-5,13H,2H2,1H3. The molecule has 0 bridgehead atoms. The fourth-order valence-electron chi connectivity index (χ4n) is 1.45. The van der Waals surface area contributed by atoms with E-state index in [0.717, 1.165) is 22.0 Å². The molecule has 1 heterocycles. The molecule has 0 aliphatic carbocycles. The first kappa shape index (κ1) is 8.75. The molecule has 0 unspecified atom stereocenters. The molecule has 2 rings (SSSR count). The number of rotatable bonds is 1. The summed E-state index contributed by atoms with van der Waals surface area (Å²) in [7, 11) is 0. The number of aryl methyl sites for hydroxylation is 1. The highest BCUT2D eigenvalue weighted by molar-refractivity contribution is 9.10. The average molecular weight is 242 g/mol. The maximum absolute atomic E-state index is 13.3. The number of H-pyrrole nitrogens is 1. The molecule has 0 aliphatic heterocycles. The van der Waals surface area contributed by atoms with Crippen LogP contribution in [0.25, 0.3) is 10.9 Å². The normalized spacial score (nSPS) is 11.0. The lowest BCUT2D eigenvalue weighted by molar-refractivity contribution is 0.637. The minimum atomic E-state index is -0.196. The van der Waals surface area contributed by atoms with E-state index in [4.69, 9.17) is 0 Å². The van der Waals surface area contributed by atoms with Gasteiger partial charge in [-0.15, -0.1) is 0 Å². The molecule has 68 valence electrons. The molecule has 2 aromatic rings. The maximum Gasteiger partial charge on any atom is 0.147 e. The highest BCUT2D eigenvalue weighted by Crippen LogP contribution is 2.29. The molecule has 0 fully saturated rings. The van der Waals surface area contributed by atoms with Gasteiger partial charge in [-0.3, -0.25) is 0 Å². The molecule has 13 heavy (non-hydrogen) atoms. The van der Waals surface area contributed by atoms with Gasteiger partial charge in [0.05, 0.1) is 5.52 Å². The monoisotopic (exact) mass is 241 g/mol. The second-order valence-corrected chi connectivity index (χ2v) is 3.73. The zero-order valence-electron chi connectivity index (χ0n) is 7.20. The van der Waals surface area contributed by atoms with Gasteiger partial charge in [0.15, 0.2) is 0 Å². The first-order chi connectivity index (χ1) is 6.24. The molecule has 1 aromatic heterocycles. The quantitative estimate of drug-likeness (QED) is 0.785. The van der Waals surface area contributed by atoms with Gasteiger partial charge in [-0.1, -0.05) is 19.1 Å². The van der Waals surface area contributed by atoms with E-state index in [1.54, 1.807) is 6.07 Å². The maximum atomic E-state index is 13.3. The van der Waals surface area contributed by atoms with Gasteiger partial charge < -0.3 is 4.98 Å². The zero-order chi connectivity index (χ0) is 9.42. The fraction of sp³-hybridized carbons (Fsp3) is 0.200. The summed E-state index contributed by atoms with van der Waals surface area (Å²) in [4.78, 5) is 3.06. The highest BCUT2D eigenvalue weighted by Gasteiger charge is 2.09. The van der Waals surface area contributed by atoms with E-state index in [-0.39, 0.29) is 5.82 Å². The number of benzene rings is 1. The Labute approximate surface area is 84.1 Å². The van der Waals surface area contributed by atoms with E-state index < -0.39 is 0 Å². The Hall–Kier alpha value is -0.830. The molecule has 0 saturated heterocycles. The Bertz CT molecular complexity index is 447. The molecule has 1 aromatic carbocycles. The van der Waals surface area contributed by atoms with Gasteiger partial charge >= 0.3 is 0 Å². The Morgan fingerprint density at radius 3 is 2.85 bits per heavy atom. The van der Waals surface area contributed by atoms with Crippen molar-refractivity contribution >= 4 is 26.8 Å². The van der Waals surface area contributed by atoms with E-state index in [1.165, 1.54) is 6.07 Å². The van der Waals surface area contributed by atoms with E-state index in [0.29, 0.717) is 5.52 Å². The lowest BCUT2D eigenvalue weighted by Gasteiger charge is -1.90. The van der Waals surface area contributed by atoms with Crippen molar-refractivity contribution in [1.29, 1.82) is 0 Å². The van der Waals surface area contributed by atoms with Crippen molar-refractivity contribution in [3.05, 3.63) is 34.2 Å². The summed E-state index contributed by atoms with van der Waals surface area (Å²) in [6.07, 6.45) is 0.870. The van der Waals surface area contributed by atoms with Crippen LogP contribution in [0.15, 0.2) is 22.7 Å². The molecular weight excluding hydrogens is 233 g/mol. The molecular formula is C10H9BrFN. The van der Waals surface area contributed by atoms with E-state index in [9.17, 15) is 4.39 Å².